The van der Waals surface area contributed by atoms with Crippen molar-refractivity contribution in [2.45, 2.75) is 88.4 Å². The van der Waals surface area contributed by atoms with E-state index >= 15 is 0 Å². The summed E-state index contributed by atoms with van der Waals surface area (Å²) in [7, 11) is 0. The summed E-state index contributed by atoms with van der Waals surface area (Å²) in [5.41, 5.74) is 8.22. The van der Waals surface area contributed by atoms with Gasteiger partial charge in [-0.25, -0.2) is 28.7 Å². The van der Waals surface area contributed by atoms with Gasteiger partial charge in [0.15, 0.2) is 0 Å². The molecule has 68 heavy (non-hydrogen) atoms. The number of carboxylic acid groups (broad SMARTS) is 4. The van der Waals surface area contributed by atoms with Crippen molar-refractivity contribution < 1.29 is 68.0 Å². The van der Waals surface area contributed by atoms with Gasteiger partial charge in [-0.15, -0.1) is 5.10 Å². The molecule has 0 saturated heterocycles. The third-order valence-corrected chi connectivity index (χ3v) is 10.1. The smallest absolute Gasteiger partial charge is 0.326 e. The molecule has 0 bridgehead atoms. The van der Waals surface area contributed by atoms with Crippen molar-refractivity contribution in [3.63, 3.8) is 0 Å². The first-order valence-electron chi connectivity index (χ1n) is 21.1. The van der Waals surface area contributed by atoms with E-state index in [1.807, 2.05) is 0 Å². The number of rotatable bonds is 27. The molecule has 1 aromatic heterocycles. The van der Waals surface area contributed by atoms with Gasteiger partial charge in [0.1, 0.15) is 18.1 Å². The van der Waals surface area contributed by atoms with Gasteiger partial charge in [-0.3, -0.25) is 23.6 Å². The van der Waals surface area contributed by atoms with Crippen molar-refractivity contribution in [3.8, 4) is 5.69 Å². The van der Waals surface area contributed by atoms with E-state index in [1.165, 1.54) is 28.9 Å². The van der Waals surface area contributed by atoms with Crippen LogP contribution in [-0.2, 0) is 48.0 Å². The summed E-state index contributed by atoms with van der Waals surface area (Å²) in [6, 6.07) is 11.5. The number of urea groups is 2. The molecule has 362 valence electrons. The molecule has 1 unspecified atom stereocenters. The molecule has 7 amide bonds. The number of amides is 7. The zero-order valence-electron chi connectivity index (χ0n) is 36.4. The second-order valence-electron chi connectivity index (χ2n) is 15.4. The Kier molecular flexibility index (Phi) is 19.9. The fourth-order valence-corrected chi connectivity index (χ4v) is 6.54. The minimum absolute atomic E-state index is 0.0648. The van der Waals surface area contributed by atoms with Gasteiger partial charge in [0, 0.05) is 55.1 Å². The standard InChI is InChI=1S/C44H51FN10O13/c45-21-1-2-31-24-55(54-53-31)32-15-7-27(8-16-32)39(60)49-30(13-18-36(56)47-28-9-3-25(4-10-28)22-34(41(63)64)50-43(46)67)14-19-37(57)48-29-11-5-26(6-12-29)23-35(42(65)66)52-44(68)51-33(40(61)62)17-20-38(58)59/h3-12,15-16,24,30,33-35H,1-2,13-14,17-23H2,(H,47,56)(H,48,57)(H,49,60)(H,58,59)(H,61,62)(H,63,64)(H,65,66)(H3,46,50,67)(H2,51,52,68)/t30?,33-,34-,35-/m0/s1. The van der Waals surface area contributed by atoms with Crippen molar-refractivity contribution >= 4 is 65.0 Å². The largest absolute Gasteiger partial charge is 0.481 e. The average Bonchev–Trinajstić information content (AvgIpc) is 3.77. The molecule has 0 fully saturated rings. The number of nitrogens with one attached hydrogen (secondary N) is 6. The van der Waals surface area contributed by atoms with Gasteiger partial charge in [0.2, 0.25) is 11.8 Å². The lowest BCUT2D eigenvalue weighted by Gasteiger charge is -2.19. The topological polar surface area (TPSA) is 363 Å². The van der Waals surface area contributed by atoms with Crippen LogP contribution in [0.4, 0.5) is 25.4 Å². The summed E-state index contributed by atoms with van der Waals surface area (Å²) < 4.78 is 14.1. The molecule has 24 heteroatoms. The average molecular weight is 947 g/mol. The molecule has 4 aromatic rings. The Morgan fingerprint density at radius 1 is 0.618 bits per heavy atom. The minimum atomic E-state index is -1.57. The number of aromatic nitrogens is 3. The van der Waals surface area contributed by atoms with Crippen molar-refractivity contribution in [2.75, 3.05) is 17.3 Å². The number of hydrogen-bond acceptors (Lipinski definition) is 11. The maximum Gasteiger partial charge on any atom is 0.326 e. The van der Waals surface area contributed by atoms with E-state index in [9.17, 15) is 62.9 Å². The highest BCUT2D eigenvalue weighted by Gasteiger charge is 2.26. The van der Waals surface area contributed by atoms with Crippen LogP contribution in [0.5, 0.6) is 0 Å². The van der Waals surface area contributed by atoms with E-state index in [0.717, 1.165) is 0 Å². The number of alkyl halides is 1. The van der Waals surface area contributed by atoms with E-state index in [-0.39, 0.29) is 44.1 Å². The number of aryl methyl sites for hydroxylation is 1. The van der Waals surface area contributed by atoms with Crippen LogP contribution in [0.3, 0.4) is 0 Å². The number of primary amides is 1. The maximum absolute atomic E-state index is 13.5. The van der Waals surface area contributed by atoms with Gasteiger partial charge in [0.05, 0.1) is 24.3 Å². The lowest BCUT2D eigenvalue weighted by Crippen LogP contribution is -2.51. The molecular weight excluding hydrogens is 896 g/mol. The Bertz CT molecular complexity index is 2420. The molecule has 0 spiro atoms. The van der Waals surface area contributed by atoms with Crippen molar-refractivity contribution in [1.29, 1.82) is 0 Å². The van der Waals surface area contributed by atoms with Gasteiger partial charge in [-0.2, -0.15) is 0 Å². The van der Waals surface area contributed by atoms with Gasteiger partial charge in [-0.05, 0) is 91.8 Å². The van der Waals surface area contributed by atoms with Gasteiger partial charge in [0.25, 0.3) is 5.91 Å². The zero-order valence-corrected chi connectivity index (χ0v) is 36.4. The summed E-state index contributed by atoms with van der Waals surface area (Å²) in [6.07, 6.45) is 1.09. The number of aliphatic carboxylic acids is 4. The monoisotopic (exact) mass is 946 g/mol. The van der Waals surface area contributed by atoms with Crippen LogP contribution in [0.25, 0.3) is 5.69 Å². The molecule has 0 saturated carbocycles. The zero-order chi connectivity index (χ0) is 49.8. The summed E-state index contributed by atoms with van der Waals surface area (Å²) in [5, 5.41) is 60.0. The molecular formula is C44H51FN10O13. The predicted molar refractivity (Wildman–Crippen MR) is 238 cm³/mol. The van der Waals surface area contributed by atoms with Crippen LogP contribution >= 0.6 is 0 Å². The number of carbonyl (C=O) groups is 9. The van der Waals surface area contributed by atoms with Crippen molar-refractivity contribution in [1.82, 2.24) is 36.3 Å². The molecule has 0 aliphatic heterocycles. The predicted octanol–water partition coefficient (Wildman–Crippen LogP) is 2.38. The Hall–Kier alpha value is -8.44. The highest BCUT2D eigenvalue weighted by atomic mass is 19.1. The van der Waals surface area contributed by atoms with Crippen LogP contribution in [0.2, 0.25) is 0 Å². The molecule has 1 heterocycles. The SMILES string of the molecule is NC(=O)N[C@@H](Cc1ccc(NC(=O)CCC(CCC(=O)Nc2ccc(C[C@H](NC(=O)N[C@@H](CCC(=O)O)C(=O)O)C(=O)O)cc2)NC(=O)c2ccc(-n3cc(CCCF)nn3)cc2)cc1)C(=O)O. The van der Waals surface area contributed by atoms with E-state index in [0.29, 0.717) is 46.7 Å². The first-order chi connectivity index (χ1) is 32.4. The van der Waals surface area contributed by atoms with Gasteiger partial charge >= 0.3 is 35.9 Å². The third-order valence-electron chi connectivity index (χ3n) is 10.1. The molecule has 0 radical (unpaired) electrons. The fraction of sp³-hybridized carbons (Fsp3) is 0.341. The van der Waals surface area contributed by atoms with Crippen LogP contribution in [0.1, 0.15) is 72.1 Å². The highest BCUT2D eigenvalue weighted by Crippen LogP contribution is 2.17. The molecule has 0 aliphatic carbocycles. The summed E-state index contributed by atoms with van der Waals surface area (Å²) in [6.45, 7) is -0.488. The molecule has 0 aliphatic rings. The second-order valence-corrected chi connectivity index (χ2v) is 15.4. The third kappa shape index (κ3) is 17.9. The Balaban J connectivity index is 1.38. The molecule has 3 aromatic carbocycles. The van der Waals surface area contributed by atoms with E-state index in [2.05, 4.69) is 42.2 Å². The molecule has 4 atom stereocenters. The van der Waals surface area contributed by atoms with Crippen LogP contribution in [0.15, 0.2) is 79.0 Å². The highest BCUT2D eigenvalue weighted by molar-refractivity contribution is 5.95. The maximum atomic E-state index is 13.5. The molecule has 23 nitrogen and oxygen atoms in total. The number of anilines is 2. The number of carbonyl (C=O) groups excluding carboxylic acids is 5. The van der Waals surface area contributed by atoms with Crippen molar-refractivity contribution in [3.05, 3.63) is 101 Å². The van der Waals surface area contributed by atoms with Gasteiger partial charge in [-0.1, -0.05) is 29.5 Å². The number of halogens is 1. The first kappa shape index (κ1) is 52.2. The first-order valence-corrected chi connectivity index (χ1v) is 21.1. The quantitative estimate of drug-likeness (QED) is 0.0409. The number of nitrogens with two attached hydrogens (primary N) is 1. The molecule has 12 N–H and O–H groups in total. The fourth-order valence-electron chi connectivity index (χ4n) is 6.54. The lowest BCUT2D eigenvalue weighted by molar-refractivity contribution is -0.141. The van der Waals surface area contributed by atoms with E-state index < -0.39 is 97.3 Å². The second kappa shape index (κ2) is 25.9. The number of hydrogen-bond donors (Lipinski definition) is 11. The van der Waals surface area contributed by atoms with Gasteiger partial charge < -0.3 is 58.1 Å². The Labute approximate surface area is 387 Å². The summed E-state index contributed by atoms with van der Waals surface area (Å²) >= 11 is 0. The Morgan fingerprint density at radius 2 is 1.12 bits per heavy atom. The normalized spacial score (nSPS) is 12.5. The summed E-state index contributed by atoms with van der Waals surface area (Å²) in [5.74, 6) is -6.87. The van der Waals surface area contributed by atoms with E-state index in [1.54, 1.807) is 54.7 Å². The Morgan fingerprint density at radius 3 is 1.59 bits per heavy atom. The van der Waals surface area contributed by atoms with Crippen LogP contribution in [-0.4, -0.2) is 120 Å². The van der Waals surface area contributed by atoms with Crippen molar-refractivity contribution in [2.24, 2.45) is 5.73 Å². The summed E-state index contributed by atoms with van der Waals surface area (Å²) in [4.78, 5) is 109. The lowest BCUT2D eigenvalue weighted by atomic mass is 10.0. The van der Waals surface area contributed by atoms with Crippen LogP contribution in [0, 0.1) is 0 Å². The molecule has 4 rings (SSSR count). The van der Waals surface area contributed by atoms with E-state index in [4.69, 9.17) is 10.8 Å². The minimum Gasteiger partial charge on any atom is -0.481 e. The number of benzene rings is 3. The van der Waals surface area contributed by atoms with Crippen LogP contribution < -0.4 is 37.6 Å². The number of carboxylic acids is 4. The number of nitrogens with zero attached hydrogens (tertiary/aromatic N) is 3.